The molecule has 0 bridgehead atoms. The van der Waals surface area contributed by atoms with Crippen LogP contribution >= 0.6 is 0 Å². The zero-order chi connectivity index (χ0) is 23.5. The molecule has 0 saturated heterocycles. The van der Waals surface area contributed by atoms with Crippen molar-refractivity contribution in [1.29, 1.82) is 0 Å². The number of amides is 2. The van der Waals surface area contributed by atoms with Gasteiger partial charge >= 0.3 is 0 Å². The van der Waals surface area contributed by atoms with Gasteiger partial charge in [0.1, 0.15) is 4.90 Å². The Bertz CT molecular complexity index is 1110. The van der Waals surface area contributed by atoms with Gasteiger partial charge in [-0.3, -0.25) is 9.59 Å². The fraction of sp³-hybridized carbons (Fsp3) is 0.417. The van der Waals surface area contributed by atoms with E-state index in [1.807, 2.05) is 38.1 Å². The zero-order valence-corrected chi connectivity index (χ0v) is 19.8. The molecular formula is C24H31N3O4S. The number of benzene rings is 2. The molecular weight excluding hydrogens is 426 g/mol. The Morgan fingerprint density at radius 1 is 1.19 bits per heavy atom. The summed E-state index contributed by atoms with van der Waals surface area (Å²) in [6.07, 6.45) is 1.38. The molecule has 8 heteroatoms. The fourth-order valence-corrected chi connectivity index (χ4v) is 5.84. The van der Waals surface area contributed by atoms with Crippen molar-refractivity contribution in [1.82, 2.24) is 9.62 Å². The molecule has 1 aliphatic rings. The van der Waals surface area contributed by atoms with E-state index in [4.69, 9.17) is 0 Å². The van der Waals surface area contributed by atoms with Crippen LogP contribution in [0.15, 0.2) is 47.4 Å². The molecule has 2 unspecified atom stereocenters. The minimum atomic E-state index is -3.99. The molecule has 3 rings (SSSR count). The maximum atomic E-state index is 13.9. The average molecular weight is 458 g/mol. The summed E-state index contributed by atoms with van der Waals surface area (Å²) in [6, 6.07) is 12.0. The molecule has 172 valence electrons. The number of rotatable bonds is 7. The van der Waals surface area contributed by atoms with Crippen LogP contribution in [0.3, 0.4) is 0 Å². The van der Waals surface area contributed by atoms with Crippen molar-refractivity contribution in [2.24, 2.45) is 0 Å². The minimum absolute atomic E-state index is 0.00883. The lowest BCUT2D eigenvalue weighted by atomic mass is 9.92. The van der Waals surface area contributed by atoms with Gasteiger partial charge in [0.15, 0.2) is 0 Å². The van der Waals surface area contributed by atoms with Crippen LogP contribution in [0.2, 0.25) is 0 Å². The average Bonchev–Trinajstić information content (AvgIpc) is 2.74. The van der Waals surface area contributed by atoms with Crippen molar-refractivity contribution in [3.63, 3.8) is 0 Å². The molecule has 2 aromatic carbocycles. The van der Waals surface area contributed by atoms with Gasteiger partial charge in [-0.2, -0.15) is 4.31 Å². The topological polar surface area (TPSA) is 95.6 Å². The van der Waals surface area contributed by atoms with E-state index in [-0.39, 0.29) is 41.4 Å². The first kappa shape index (κ1) is 23.9. The van der Waals surface area contributed by atoms with Gasteiger partial charge in [0.2, 0.25) is 21.8 Å². The molecule has 0 aliphatic carbocycles. The van der Waals surface area contributed by atoms with E-state index < -0.39 is 16.1 Å². The Hall–Kier alpha value is -2.71. The van der Waals surface area contributed by atoms with Crippen molar-refractivity contribution in [2.45, 2.75) is 63.9 Å². The molecule has 2 atom stereocenters. The lowest BCUT2D eigenvalue weighted by Crippen LogP contribution is -2.43. The number of nitrogens with one attached hydrogen (secondary N) is 2. The molecule has 0 fully saturated rings. The molecule has 0 aromatic heterocycles. The van der Waals surface area contributed by atoms with Crippen molar-refractivity contribution in [3.8, 4) is 0 Å². The van der Waals surface area contributed by atoms with Crippen LogP contribution in [-0.2, 0) is 26.0 Å². The standard InChI is InChI=1S/C24H31N3O4S/c1-5-17(3)25-24(29)15-22-20-9-7-6-8-19(20)12-13-27(22)32(30,31)23-14-16(2)10-11-21(23)26-18(4)28/h6-11,14,17,22H,5,12-13,15H2,1-4H3,(H,25,29)(H,26,28). The van der Waals surface area contributed by atoms with Crippen molar-refractivity contribution in [3.05, 3.63) is 59.2 Å². The molecule has 2 aromatic rings. The molecule has 0 saturated carbocycles. The third-order valence-corrected chi connectivity index (χ3v) is 7.74. The van der Waals surface area contributed by atoms with Crippen LogP contribution < -0.4 is 10.6 Å². The lowest BCUT2D eigenvalue weighted by molar-refractivity contribution is -0.122. The summed E-state index contributed by atoms with van der Waals surface area (Å²) in [5, 5.41) is 5.58. The normalized spacial score (nSPS) is 17.3. The first-order chi connectivity index (χ1) is 15.1. The van der Waals surface area contributed by atoms with Crippen LogP contribution in [-0.4, -0.2) is 37.1 Å². The van der Waals surface area contributed by atoms with Crippen molar-refractivity contribution < 1.29 is 18.0 Å². The van der Waals surface area contributed by atoms with E-state index in [0.717, 1.165) is 23.1 Å². The highest BCUT2D eigenvalue weighted by Crippen LogP contribution is 2.38. The predicted molar refractivity (Wildman–Crippen MR) is 125 cm³/mol. The van der Waals surface area contributed by atoms with E-state index in [0.29, 0.717) is 6.42 Å². The fourth-order valence-electron chi connectivity index (χ4n) is 4.00. The number of carbonyl (C=O) groups excluding carboxylic acids is 2. The Kier molecular flexibility index (Phi) is 7.36. The maximum Gasteiger partial charge on any atom is 0.245 e. The van der Waals surface area contributed by atoms with E-state index in [1.54, 1.807) is 25.1 Å². The highest BCUT2D eigenvalue weighted by Gasteiger charge is 2.38. The van der Waals surface area contributed by atoms with Crippen LogP contribution in [0.25, 0.3) is 0 Å². The summed E-state index contributed by atoms with van der Waals surface area (Å²) in [6.45, 7) is 7.31. The number of aryl methyl sites for hydroxylation is 1. The van der Waals surface area contributed by atoms with Crippen LogP contribution in [0.4, 0.5) is 5.69 Å². The van der Waals surface area contributed by atoms with Crippen molar-refractivity contribution in [2.75, 3.05) is 11.9 Å². The SMILES string of the molecule is CCC(C)NC(=O)CC1c2ccccc2CCN1S(=O)(=O)c1cc(C)ccc1NC(C)=O. The van der Waals surface area contributed by atoms with E-state index in [1.165, 1.54) is 11.2 Å². The third kappa shape index (κ3) is 5.19. The summed E-state index contributed by atoms with van der Waals surface area (Å²) < 4.78 is 29.1. The first-order valence-corrected chi connectivity index (χ1v) is 12.3. The summed E-state index contributed by atoms with van der Waals surface area (Å²) in [7, 11) is -3.99. The molecule has 32 heavy (non-hydrogen) atoms. The van der Waals surface area contributed by atoms with E-state index in [9.17, 15) is 18.0 Å². The van der Waals surface area contributed by atoms with E-state index in [2.05, 4.69) is 10.6 Å². The summed E-state index contributed by atoms with van der Waals surface area (Å²) in [5.41, 5.74) is 2.90. The molecule has 1 heterocycles. The molecule has 0 radical (unpaired) electrons. The summed E-state index contributed by atoms with van der Waals surface area (Å²) in [4.78, 5) is 24.5. The van der Waals surface area contributed by atoms with Crippen LogP contribution in [0, 0.1) is 6.92 Å². The number of anilines is 1. The maximum absolute atomic E-state index is 13.9. The Balaban J connectivity index is 2.05. The largest absolute Gasteiger partial charge is 0.354 e. The number of hydrogen-bond acceptors (Lipinski definition) is 4. The second-order valence-electron chi connectivity index (χ2n) is 8.34. The number of hydrogen-bond donors (Lipinski definition) is 2. The summed E-state index contributed by atoms with van der Waals surface area (Å²) >= 11 is 0. The Morgan fingerprint density at radius 2 is 1.91 bits per heavy atom. The molecule has 2 amide bonds. The minimum Gasteiger partial charge on any atom is -0.354 e. The number of nitrogens with zero attached hydrogens (tertiary/aromatic N) is 1. The smallest absolute Gasteiger partial charge is 0.245 e. The van der Waals surface area contributed by atoms with Gasteiger partial charge in [-0.1, -0.05) is 37.3 Å². The molecule has 7 nitrogen and oxygen atoms in total. The van der Waals surface area contributed by atoms with E-state index >= 15 is 0 Å². The van der Waals surface area contributed by atoms with Crippen LogP contribution in [0.5, 0.6) is 0 Å². The molecule has 0 spiro atoms. The number of carbonyl (C=O) groups is 2. The quantitative estimate of drug-likeness (QED) is 0.665. The Morgan fingerprint density at radius 3 is 2.59 bits per heavy atom. The second kappa shape index (κ2) is 9.83. The molecule has 2 N–H and O–H groups in total. The lowest BCUT2D eigenvalue weighted by Gasteiger charge is -2.36. The number of sulfonamides is 1. The van der Waals surface area contributed by atoms with Crippen LogP contribution in [0.1, 0.15) is 56.3 Å². The zero-order valence-electron chi connectivity index (χ0n) is 19.0. The highest BCUT2D eigenvalue weighted by atomic mass is 32.2. The van der Waals surface area contributed by atoms with Gasteiger partial charge < -0.3 is 10.6 Å². The summed E-state index contributed by atoms with van der Waals surface area (Å²) in [5.74, 6) is -0.536. The predicted octanol–water partition coefficient (Wildman–Crippen LogP) is 3.55. The van der Waals surface area contributed by atoms with Gasteiger partial charge in [-0.15, -0.1) is 0 Å². The Labute approximate surface area is 190 Å². The second-order valence-corrected chi connectivity index (χ2v) is 10.2. The van der Waals surface area contributed by atoms with Gasteiger partial charge in [0.05, 0.1) is 11.7 Å². The molecule has 1 aliphatic heterocycles. The van der Waals surface area contributed by atoms with Gasteiger partial charge in [0.25, 0.3) is 0 Å². The highest BCUT2D eigenvalue weighted by molar-refractivity contribution is 7.89. The number of fused-ring (bicyclic) bond motifs is 1. The van der Waals surface area contributed by atoms with Gasteiger partial charge in [-0.25, -0.2) is 8.42 Å². The monoisotopic (exact) mass is 457 g/mol. The third-order valence-electron chi connectivity index (χ3n) is 5.80. The first-order valence-electron chi connectivity index (χ1n) is 10.9. The van der Waals surface area contributed by atoms with Gasteiger partial charge in [-0.05, 0) is 55.5 Å². The van der Waals surface area contributed by atoms with Gasteiger partial charge in [0, 0.05) is 25.9 Å². The van der Waals surface area contributed by atoms with Crippen molar-refractivity contribution >= 4 is 27.5 Å².